The maximum atomic E-state index is 13.2. The Labute approximate surface area is 149 Å². The molecule has 1 aromatic heterocycles. The molecule has 5 heteroatoms. The van der Waals surface area contributed by atoms with Gasteiger partial charge >= 0.3 is 0 Å². The van der Waals surface area contributed by atoms with Crippen molar-refractivity contribution in [3.8, 4) is 0 Å². The van der Waals surface area contributed by atoms with E-state index in [-0.39, 0.29) is 11.8 Å². The highest BCUT2D eigenvalue weighted by molar-refractivity contribution is 5.97. The molecule has 0 unspecified atom stereocenters. The Morgan fingerprint density at radius 1 is 1.24 bits per heavy atom. The molecule has 132 valence electrons. The third-order valence-electron chi connectivity index (χ3n) is 5.43. The van der Waals surface area contributed by atoms with Crippen LogP contribution in [0.5, 0.6) is 0 Å². The third-order valence-corrected chi connectivity index (χ3v) is 5.43. The summed E-state index contributed by atoms with van der Waals surface area (Å²) in [7, 11) is 1.93. The van der Waals surface area contributed by atoms with E-state index in [1.807, 2.05) is 59.4 Å². The highest BCUT2D eigenvalue weighted by Crippen LogP contribution is 2.48. The number of benzene rings is 1. The van der Waals surface area contributed by atoms with Gasteiger partial charge in [0.15, 0.2) is 0 Å². The SMILES string of the molecule is Cn1cc([C@H]2C[C@H]2C(=O)N(CCN2CCCC2)c2ccccc2)cn1. The molecule has 0 N–H and O–H groups in total. The summed E-state index contributed by atoms with van der Waals surface area (Å²) in [5, 5.41) is 4.25. The lowest BCUT2D eigenvalue weighted by Gasteiger charge is -2.26. The summed E-state index contributed by atoms with van der Waals surface area (Å²) in [6.45, 7) is 4.07. The number of hydrogen-bond donors (Lipinski definition) is 0. The van der Waals surface area contributed by atoms with Crippen molar-refractivity contribution in [2.75, 3.05) is 31.1 Å². The third kappa shape index (κ3) is 3.61. The molecule has 0 spiro atoms. The molecule has 2 aromatic rings. The zero-order valence-corrected chi connectivity index (χ0v) is 14.8. The first-order valence-electron chi connectivity index (χ1n) is 9.30. The molecule has 4 rings (SSSR count). The molecule has 0 radical (unpaired) electrons. The van der Waals surface area contributed by atoms with E-state index in [1.165, 1.54) is 31.5 Å². The average molecular weight is 338 g/mol. The largest absolute Gasteiger partial charge is 0.311 e. The van der Waals surface area contributed by atoms with Gasteiger partial charge in [-0.1, -0.05) is 18.2 Å². The first-order chi connectivity index (χ1) is 12.2. The standard InChI is InChI=1S/C20H26N4O/c1-22-15-16(14-21-22)18-13-19(18)20(25)24(17-7-3-2-4-8-17)12-11-23-9-5-6-10-23/h2-4,7-8,14-15,18-19H,5-6,9-13H2,1H3/t18-,19-/m1/s1. The van der Waals surface area contributed by atoms with Crippen LogP contribution < -0.4 is 4.90 Å². The van der Waals surface area contributed by atoms with Crippen LogP contribution in [0.15, 0.2) is 42.7 Å². The number of nitrogens with zero attached hydrogens (tertiary/aromatic N) is 4. The number of likely N-dealkylation sites (tertiary alicyclic amines) is 1. The second kappa shape index (κ2) is 7.00. The van der Waals surface area contributed by atoms with Crippen LogP contribution in [0, 0.1) is 5.92 Å². The van der Waals surface area contributed by atoms with Crippen LogP contribution in [-0.2, 0) is 11.8 Å². The molecule has 1 aromatic carbocycles. The lowest BCUT2D eigenvalue weighted by atomic mass is 10.1. The summed E-state index contributed by atoms with van der Waals surface area (Å²) in [6, 6.07) is 10.1. The van der Waals surface area contributed by atoms with Gasteiger partial charge in [0.2, 0.25) is 5.91 Å². The summed E-state index contributed by atoms with van der Waals surface area (Å²) in [5.74, 6) is 0.696. The topological polar surface area (TPSA) is 41.4 Å². The fourth-order valence-corrected chi connectivity index (χ4v) is 3.89. The second-order valence-corrected chi connectivity index (χ2v) is 7.27. The van der Waals surface area contributed by atoms with Gasteiger partial charge < -0.3 is 9.80 Å². The second-order valence-electron chi connectivity index (χ2n) is 7.27. The molecule has 1 saturated carbocycles. The molecule has 5 nitrogen and oxygen atoms in total. The summed E-state index contributed by atoms with van der Waals surface area (Å²) in [4.78, 5) is 17.6. The summed E-state index contributed by atoms with van der Waals surface area (Å²) in [5.41, 5.74) is 2.21. The van der Waals surface area contributed by atoms with Gasteiger partial charge in [0.25, 0.3) is 0 Å². The Bertz CT molecular complexity index is 720. The zero-order chi connectivity index (χ0) is 17.2. The molecular weight excluding hydrogens is 312 g/mol. The van der Waals surface area contributed by atoms with E-state index in [4.69, 9.17) is 0 Å². The van der Waals surface area contributed by atoms with Crippen LogP contribution in [0.3, 0.4) is 0 Å². The Morgan fingerprint density at radius 3 is 2.68 bits per heavy atom. The van der Waals surface area contributed by atoms with Gasteiger partial charge in [0, 0.05) is 37.9 Å². The van der Waals surface area contributed by atoms with Crippen molar-refractivity contribution in [1.82, 2.24) is 14.7 Å². The van der Waals surface area contributed by atoms with Gasteiger partial charge in [-0.05, 0) is 56.0 Å². The number of carbonyl (C=O) groups excluding carboxylic acids is 1. The number of amides is 1. The lowest BCUT2D eigenvalue weighted by molar-refractivity contribution is -0.119. The Kier molecular flexibility index (Phi) is 4.57. The van der Waals surface area contributed by atoms with Gasteiger partial charge in [0.1, 0.15) is 0 Å². The Hall–Kier alpha value is -2.14. The first-order valence-corrected chi connectivity index (χ1v) is 9.30. The van der Waals surface area contributed by atoms with Crippen LogP contribution in [0.4, 0.5) is 5.69 Å². The molecule has 2 heterocycles. The molecule has 1 amide bonds. The van der Waals surface area contributed by atoms with Gasteiger partial charge in [-0.2, -0.15) is 5.10 Å². The van der Waals surface area contributed by atoms with E-state index in [1.54, 1.807) is 0 Å². The first kappa shape index (κ1) is 16.3. The summed E-state index contributed by atoms with van der Waals surface area (Å²) in [6.07, 6.45) is 7.44. The van der Waals surface area contributed by atoms with Gasteiger partial charge in [-0.15, -0.1) is 0 Å². The molecule has 1 saturated heterocycles. The van der Waals surface area contributed by atoms with E-state index in [0.29, 0.717) is 5.92 Å². The van der Waals surface area contributed by atoms with Gasteiger partial charge in [-0.25, -0.2) is 0 Å². The minimum atomic E-state index is 0.1000. The fraction of sp³-hybridized carbons (Fsp3) is 0.500. The predicted molar refractivity (Wildman–Crippen MR) is 98.5 cm³/mol. The van der Waals surface area contributed by atoms with E-state index >= 15 is 0 Å². The van der Waals surface area contributed by atoms with E-state index in [0.717, 1.165) is 25.2 Å². The molecule has 0 bridgehead atoms. The molecule has 2 atom stereocenters. The summed E-state index contributed by atoms with van der Waals surface area (Å²) >= 11 is 0. The molecule has 25 heavy (non-hydrogen) atoms. The van der Waals surface area contributed by atoms with Crippen LogP contribution in [0.25, 0.3) is 0 Å². The van der Waals surface area contributed by atoms with E-state index in [2.05, 4.69) is 10.00 Å². The van der Waals surface area contributed by atoms with E-state index in [9.17, 15) is 4.79 Å². The smallest absolute Gasteiger partial charge is 0.230 e. The Balaban J connectivity index is 1.46. The lowest BCUT2D eigenvalue weighted by Crippen LogP contribution is -2.39. The quantitative estimate of drug-likeness (QED) is 0.813. The van der Waals surface area contributed by atoms with Gasteiger partial charge in [0.05, 0.1) is 6.20 Å². The van der Waals surface area contributed by atoms with Crippen LogP contribution >= 0.6 is 0 Å². The number of anilines is 1. The van der Waals surface area contributed by atoms with Crippen LogP contribution in [-0.4, -0.2) is 46.8 Å². The minimum absolute atomic E-state index is 0.1000. The highest BCUT2D eigenvalue weighted by Gasteiger charge is 2.46. The maximum absolute atomic E-state index is 13.2. The van der Waals surface area contributed by atoms with Gasteiger partial charge in [-0.3, -0.25) is 9.48 Å². The number of carbonyl (C=O) groups is 1. The van der Waals surface area contributed by atoms with Crippen LogP contribution in [0.1, 0.15) is 30.7 Å². The van der Waals surface area contributed by atoms with Crippen molar-refractivity contribution in [2.24, 2.45) is 13.0 Å². The zero-order valence-electron chi connectivity index (χ0n) is 14.8. The summed E-state index contributed by atoms with van der Waals surface area (Å²) < 4.78 is 1.82. The number of rotatable bonds is 6. The minimum Gasteiger partial charge on any atom is -0.311 e. The molecule has 2 aliphatic rings. The number of hydrogen-bond acceptors (Lipinski definition) is 3. The maximum Gasteiger partial charge on any atom is 0.230 e. The van der Waals surface area contributed by atoms with Crippen molar-refractivity contribution in [3.05, 3.63) is 48.3 Å². The van der Waals surface area contributed by atoms with Crippen molar-refractivity contribution in [1.29, 1.82) is 0 Å². The average Bonchev–Trinajstić information content (AvgIpc) is 3.02. The van der Waals surface area contributed by atoms with Crippen LogP contribution in [0.2, 0.25) is 0 Å². The van der Waals surface area contributed by atoms with Crippen molar-refractivity contribution < 1.29 is 4.79 Å². The van der Waals surface area contributed by atoms with E-state index < -0.39 is 0 Å². The molecule has 1 aliphatic heterocycles. The predicted octanol–water partition coefficient (Wildman–Crippen LogP) is 2.65. The van der Waals surface area contributed by atoms with Crippen molar-refractivity contribution in [3.63, 3.8) is 0 Å². The molecule has 1 aliphatic carbocycles. The highest BCUT2D eigenvalue weighted by atomic mass is 16.2. The molecule has 2 fully saturated rings. The Morgan fingerprint density at radius 2 is 2.00 bits per heavy atom. The van der Waals surface area contributed by atoms with Crippen molar-refractivity contribution >= 4 is 11.6 Å². The number of aromatic nitrogens is 2. The van der Waals surface area contributed by atoms with Crippen molar-refractivity contribution in [2.45, 2.75) is 25.2 Å². The molecular formula is C20H26N4O. The fourth-order valence-electron chi connectivity index (χ4n) is 3.89. The number of para-hydroxylation sites is 1. The number of aryl methyl sites for hydroxylation is 1. The monoisotopic (exact) mass is 338 g/mol. The normalized spacial score (nSPS) is 22.9.